The standard InChI is InChI=1S/C23H22ClNO4/c24-16-10-6-15(7-11-16)21(27)19-20(14-8-12-18(26)13-9-14)25(23(29)22(19)28)17-4-2-1-3-5-17/h6-13,17,20,26-27H,1-5H2/b21-19-. The molecule has 1 aliphatic carbocycles. The third-order valence-corrected chi connectivity index (χ3v) is 6.03. The Morgan fingerprint density at radius 3 is 2.17 bits per heavy atom. The van der Waals surface area contributed by atoms with E-state index in [1.54, 1.807) is 41.3 Å². The third kappa shape index (κ3) is 3.62. The van der Waals surface area contributed by atoms with Gasteiger partial charge in [0.05, 0.1) is 11.6 Å². The summed E-state index contributed by atoms with van der Waals surface area (Å²) in [5.41, 5.74) is 1.19. The van der Waals surface area contributed by atoms with E-state index in [4.69, 9.17) is 11.6 Å². The van der Waals surface area contributed by atoms with Gasteiger partial charge < -0.3 is 15.1 Å². The van der Waals surface area contributed by atoms with E-state index in [-0.39, 0.29) is 23.1 Å². The topological polar surface area (TPSA) is 77.8 Å². The van der Waals surface area contributed by atoms with Gasteiger partial charge in [0.2, 0.25) is 0 Å². The molecule has 2 aliphatic rings. The second kappa shape index (κ2) is 7.91. The Balaban J connectivity index is 1.86. The van der Waals surface area contributed by atoms with Crippen molar-refractivity contribution in [1.82, 2.24) is 4.90 Å². The summed E-state index contributed by atoms with van der Waals surface area (Å²) in [6.07, 6.45) is 4.81. The molecule has 1 atom stereocenters. The van der Waals surface area contributed by atoms with Crippen LogP contribution in [0.25, 0.3) is 5.76 Å². The molecular formula is C23H22ClNO4. The van der Waals surface area contributed by atoms with E-state index in [0.29, 0.717) is 16.1 Å². The fourth-order valence-corrected chi connectivity index (χ4v) is 4.46. The molecule has 5 nitrogen and oxygen atoms in total. The van der Waals surface area contributed by atoms with Gasteiger partial charge in [0, 0.05) is 16.6 Å². The molecule has 2 fully saturated rings. The van der Waals surface area contributed by atoms with Crippen molar-refractivity contribution in [3.63, 3.8) is 0 Å². The average Bonchev–Trinajstić information content (AvgIpc) is 3.00. The summed E-state index contributed by atoms with van der Waals surface area (Å²) in [6, 6.07) is 12.2. The van der Waals surface area contributed by atoms with Crippen LogP contribution in [0.4, 0.5) is 0 Å². The molecule has 0 spiro atoms. The number of amides is 1. The number of rotatable bonds is 3. The summed E-state index contributed by atoms with van der Waals surface area (Å²) >= 11 is 5.94. The van der Waals surface area contributed by atoms with Gasteiger partial charge in [0.25, 0.3) is 11.7 Å². The number of hydrogen-bond acceptors (Lipinski definition) is 4. The minimum absolute atomic E-state index is 0.0467. The van der Waals surface area contributed by atoms with Gasteiger partial charge in [-0.05, 0) is 54.8 Å². The highest BCUT2D eigenvalue weighted by molar-refractivity contribution is 6.46. The second-order valence-corrected chi connectivity index (χ2v) is 8.03. The van der Waals surface area contributed by atoms with E-state index < -0.39 is 17.7 Å². The maximum atomic E-state index is 13.0. The molecule has 1 saturated carbocycles. The number of aliphatic hydroxyl groups excluding tert-OH is 1. The van der Waals surface area contributed by atoms with Crippen molar-refractivity contribution in [3.05, 3.63) is 70.3 Å². The zero-order chi connectivity index (χ0) is 20.5. The Hall–Kier alpha value is -2.79. The Bertz CT molecular complexity index is 959. The SMILES string of the molecule is O=C1C(=O)N(C2CCCCC2)C(c2ccc(O)cc2)/C1=C(/O)c1ccc(Cl)cc1. The summed E-state index contributed by atoms with van der Waals surface area (Å²) in [6.45, 7) is 0. The van der Waals surface area contributed by atoms with Gasteiger partial charge in [-0.3, -0.25) is 9.59 Å². The fourth-order valence-electron chi connectivity index (χ4n) is 4.33. The van der Waals surface area contributed by atoms with Crippen LogP contribution in [0.15, 0.2) is 54.1 Å². The minimum atomic E-state index is -0.686. The molecule has 29 heavy (non-hydrogen) atoms. The molecule has 1 amide bonds. The Labute approximate surface area is 174 Å². The quantitative estimate of drug-likeness (QED) is 0.432. The smallest absolute Gasteiger partial charge is 0.295 e. The molecule has 1 saturated heterocycles. The summed E-state index contributed by atoms with van der Waals surface area (Å²) in [5.74, 6) is -1.37. The average molecular weight is 412 g/mol. The molecule has 1 unspecified atom stereocenters. The van der Waals surface area contributed by atoms with Crippen molar-refractivity contribution in [1.29, 1.82) is 0 Å². The minimum Gasteiger partial charge on any atom is -0.508 e. The summed E-state index contributed by atoms with van der Waals surface area (Å²) < 4.78 is 0. The van der Waals surface area contributed by atoms with E-state index >= 15 is 0 Å². The zero-order valence-electron chi connectivity index (χ0n) is 15.8. The number of aromatic hydroxyl groups is 1. The molecule has 0 radical (unpaired) electrons. The van der Waals surface area contributed by atoms with Crippen molar-refractivity contribution >= 4 is 29.1 Å². The lowest BCUT2D eigenvalue weighted by atomic mass is 9.91. The van der Waals surface area contributed by atoms with Gasteiger partial charge in [-0.25, -0.2) is 0 Å². The number of carbonyl (C=O) groups is 2. The number of phenols is 1. The van der Waals surface area contributed by atoms with E-state index in [0.717, 1.165) is 32.1 Å². The van der Waals surface area contributed by atoms with Crippen LogP contribution in [0.3, 0.4) is 0 Å². The summed E-state index contributed by atoms with van der Waals surface area (Å²) in [7, 11) is 0. The number of nitrogens with zero attached hydrogens (tertiary/aromatic N) is 1. The number of halogens is 1. The van der Waals surface area contributed by atoms with Gasteiger partial charge >= 0.3 is 0 Å². The number of benzene rings is 2. The molecule has 4 rings (SSSR count). The van der Waals surface area contributed by atoms with Gasteiger partial charge in [0.15, 0.2) is 0 Å². The number of carbonyl (C=O) groups excluding carboxylic acids is 2. The van der Waals surface area contributed by atoms with E-state index in [1.165, 1.54) is 12.1 Å². The molecule has 2 aromatic rings. The number of phenolic OH excluding ortho intramolecular Hbond substituents is 1. The molecule has 0 bridgehead atoms. The summed E-state index contributed by atoms with van der Waals surface area (Å²) in [5, 5.41) is 21.2. The van der Waals surface area contributed by atoms with Crippen molar-refractivity contribution < 1.29 is 19.8 Å². The number of hydrogen-bond donors (Lipinski definition) is 2. The number of likely N-dealkylation sites (tertiary alicyclic amines) is 1. The monoisotopic (exact) mass is 411 g/mol. The van der Waals surface area contributed by atoms with Gasteiger partial charge in [-0.1, -0.05) is 43.0 Å². The molecular weight excluding hydrogens is 390 g/mol. The van der Waals surface area contributed by atoms with E-state index in [9.17, 15) is 19.8 Å². The highest BCUT2D eigenvalue weighted by Crippen LogP contribution is 2.43. The highest BCUT2D eigenvalue weighted by Gasteiger charge is 2.48. The predicted octanol–water partition coefficient (Wildman–Crippen LogP) is 4.80. The van der Waals surface area contributed by atoms with Crippen LogP contribution in [-0.4, -0.2) is 32.8 Å². The van der Waals surface area contributed by atoms with Crippen molar-refractivity contribution in [2.75, 3.05) is 0 Å². The molecule has 1 aliphatic heterocycles. The van der Waals surface area contributed by atoms with Crippen molar-refractivity contribution in [2.45, 2.75) is 44.2 Å². The molecule has 0 aromatic heterocycles. The number of aliphatic hydroxyl groups is 1. The molecule has 6 heteroatoms. The maximum Gasteiger partial charge on any atom is 0.295 e. The van der Waals surface area contributed by atoms with Crippen LogP contribution < -0.4 is 0 Å². The highest BCUT2D eigenvalue weighted by atomic mass is 35.5. The van der Waals surface area contributed by atoms with Gasteiger partial charge in [-0.2, -0.15) is 0 Å². The number of ketones is 1. The predicted molar refractivity (Wildman–Crippen MR) is 111 cm³/mol. The largest absolute Gasteiger partial charge is 0.508 e. The number of Topliss-reactive ketones (excluding diaryl/α,β-unsaturated/α-hetero) is 1. The Morgan fingerprint density at radius 1 is 0.931 bits per heavy atom. The lowest BCUT2D eigenvalue weighted by molar-refractivity contribution is -0.141. The van der Waals surface area contributed by atoms with E-state index in [1.807, 2.05) is 0 Å². The molecule has 150 valence electrons. The zero-order valence-corrected chi connectivity index (χ0v) is 16.6. The van der Waals surface area contributed by atoms with Crippen LogP contribution in [-0.2, 0) is 9.59 Å². The first-order valence-corrected chi connectivity index (χ1v) is 10.2. The first kappa shape index (κ1) is 19.5. The molecule has 2 N–H and O–H groups in total. The van der Waals surface area contributed by atoms with Crippen LogP contribution in [0, 0.1) is 0 Å². The molecule has 1 heterocycles. The van der Waals surface area contributed by atoms with Crippen molar-refractivity contribution in [2.24, 2.45) is 0 Å². The van der Waals surface area contributed by atoms with Gasteiger partial charge in [0.1, 0.15) is 11.5 Å². The van der Waals surface area contributed by atoms with Crippen LogP contribution in [0.2, 0.25) is 5.02 Å². The van der Waals surface area contributed by atoms with Gasteiger partial charge in [-0.15, -0.1) is 0 Å². The third-order valence-electron chi connectivity index (χ3n) is 5.77. The Kier molecular flexibility index (Phi) is 5.33. The first-order valence-electron chi connectivity index (χ1n) is 9.82. The summed E-state index contributed by atoms with van der Waals surface area (Å²) in [4.78, 5) is 27.7. The van der Waals surface area contributed by atoms with Crippen molar-refractivity contribution in [3.8, 4) is 5.75 Å². The fraction of sp³-hybridized carbons (Fsp3) is 0.304. The lowest BCUT2D eigenvalue weighted by Gasteiger charge is -2.35. The Morgan fingerprint density at radius 2 is 1.55 bits per heavy atom. The molecule has 2 aromatic carbocycles. The van der Waals surface area contributed by atoms with Crippen LogP contribution >= 0.6 is 11.6 Å². The van der Waals surface area contributed by atoms with Crippen LogP contribution in [0.1, 0.15) is 49.3 Å². The second-order valence-electron chi connectivity index (χ2n) is 7.60. The maximum absolute atomic E-state index is 13.0. The first-order chi connectivity index (χ1) is 14.0. The van der Waals surface area contributed by atoms with Crippen LogP contribution in [0.5, 0.6) is 5.75 Å². The lowest BCUT2D eigenvalue weighted by Crippen LogP contribution is -2.40. The normalized spacial score (nSPS) is 22.2. The van der Waals surface area contributed by atoms with E-state index in [2.05, 4.69) is 0 Å².